The molecular weight excluding hydrogens is 216 g/mol. The summed E-state index contributed by atoms with van der Waals surface area (Å²) in [5.41, 5.74) is -0.434. The molecule has 0 saturated heterocycles. The van der Waals surface area contributed by atoms with Crippen LogP contribution in [0.1, 0.15) is 20.3 Å². The molecule has 1 aromatic rings. The van der Waals surface area contributed by atoms with Gasteiger partial charge in [-0.1, -0.05) is 25.1 Å². The van der Waals surface area contributed by atoms with Gasteiger partial charge in [-0.15, -0.1) is 11.8 Å². The number of benzene rings is 1. The molecule has 0 aliphatic heterocycles. The Bertz CT molecular complexity index is 345. The van der Waals surface area contributed by atoms with Crippen molar-refractivity contribution in [2.24, 2.45) is 0 Å². The summed E-state index contributed by atoms with van der Waals surface area (Å²) in [7, 11) is 0. The van der Waals surface area contributed by atoms with Crippen LogP contribution in [-0.4, -0.2) is 17.8 Å². The van der Waals surface area contributed by atoms with E-state index in [-0.39, 0.29) is 0 Å². The van der Waals surface area contributed by atoms with Crippen LogP contribution in [0.5, 0.6) is 0 Å². The predicted molar refractivity (Wildman–Crippen MR) is 69.5 cm³/mol. The van der Waals surface area contributed by atoms with Crippen molar-refractivity contribution in [2.45, 2.75) is 30.7 Å². The molecule has 2 nitrogen and oxygen atoms in total. The van der Waals surface area contributed by atoms with Crippen molar-refractivity contribution in [2.75, 3.05) is 12.3 Å². The topological polar surface area (TPSA) is 35.8 Å². The van der Waals surface area contributed by atoms with Crippen molar-refractivity contribution in [1.29, 1.82) is 5.26 Å². The Morgan fingerprint density at radius 1 is 1.38 bits per heavy atom. The molecule has 0 aliphatic rings. The SMILES string of the molecule is CCCNC(C)(C#N)CSc1ccccc1. The van der Waals surface area contributed by atoms with Gasteiger partial charge in [-0.3, -0.25) is 5.32 Å². The molecule has 0 aromatic heterocycles. The summed E-state index contributed by atoms with van der Waals surface area (Å²) in [6, 6.07) is 12.5. The van der Waals surface area contributed by atoms with Crippen LogP contribution in [0.3, 0.4) is 0 Å². The van der Waals surface area contributed by atoms with E-state index in [1.807, 2.05) is 25.1 Å². The minimum Gasteiger partial charge on any atom is -0.299 e. The van der Waals surface area contributed by atoms with Crippen LogP contribution in [0.4, 0.5) is 0 Å². The van der Waals surface area contributed by atoms with Crippen LogP contribution in [0.2, 0.25) is 0 Å². The largest absolute Gasteiger partial charge is 0.299 e. The molecular formula is C13H18N2S. The van der Waals surface area contributed by atoms with E-state index in [2.05, 4.69) is 30.4 Å². The Morgan fingerprint density at radius 2 is 2.06 bits per heavy atom. The Labute approximate surface area is 102 Å². The molecule has 1 rings (SSSR count). The molecule has 1 aromatic carbocycles. The van der Waals surface area contributed by atoms with Gasteiger partial charge in [0.2, 0.25) is 0 Å². The molecule has 1 unspecified atom stereocenters. The van der Waals surface area contributed by atoms with Gasteiger partial charge in [0.1, 0.15) is 5.54 Å². The molecule has 0 amide bonds. The van der Waals surface area contributed by atoms with Gasteiger partial charge in [-0.25, -0.2) is 0 Å². The highest BCUT2D eigenvalue weighted by Crippen LogP contribution is 2.21. The van der Waals surface area contributed by atoms with Crippen molar-refractivity contribution in [3.63, 3.8) is 0 Å². The van der Waals surface area contributed by atoms with E-state index < -0.39 is 5.54 Å². The zero-order valence-corrected chi connectivity index (χ0v) is 10.7. The molecule has 16 heavy (non-hydrogen) atoms. The summed E-state index contributed by atoms with van der Waals surface area (Å²) in [6.45, 7) is 4.95. The van der Waals surface area contributed by atoms with Gasteiger partial charge in [-0.2, -0.15) is 5.26 Å². The minimum atomic E-state index is -0.434. The predicted octanol–water partition coefficient (Wildman–Crippen LogP) is 3.06. The van der Waals surface area contributed by atoms with Crippen molar-refractivity contribution in [1.82, 2.24) is 5.32 Å². The van der Waals surface area contributed by atoms with E-state index in [1.165, 1.54) is 4.90 Å². The number of thioether (sulfide) groups is 1. The Balaban J connectivity index is 2.49. The van der Waals surface area contributed by atoms with Crippen LogP contribution < -0.4 is 5.32 Å². The second-order valence-electron chi connectivity index (χ2n) is 3.97. The zero-order chi connectivity index (χ0) is 11.9. The number of nitrogens with zero attached hydrogens (tertiary/aromatic N) is 1. The highest BCUT2D eigenvalue weighted by atomic mass is 32.2. The molecule has 0 aliphatic carbocycles. The second-order valence-corrected chi connectivity index (χ2v) is 5.02. The first-order valence-corrected chi connectivity index (χ1v) is 6.53. The van der Waals surface area contributed by atoms with E-state index in [0.29, 0.717) is 0 Å². The highest BCUT2D eigenvalue weighted by Gasteiger charge is 2.22. The molecule has 0 heterocycles. The van der Waals surface area contributed by atoms with Crippen LogP contribution in [-0.2, 0) is 0 Å². The zero-order valence-electron chi connectivity index (χ0n) is 9.86. The number of nitriles is 1. The fourth-order valence-electron chi connectivity index (χ4n) is 1.27. The Kier molecular flexibility index (Phi) is 5.37. The van der Waals surface area contributed by atoms with Gasteiger partial charge in [0, 0.05) is 10.6 Å². The third kappa shape index (κ3) is 4.26. The van der Waals surface area contributed by atoms with Gasteiger partial charge < -0.3 is 0 Å². The van der Waals surface area contributed by atoms with Gasteiger partial charge in [-0.05, 0) is 32.0 Å². The molecule has 1 atom stereocenters. The summed E-state index contributed by atoms with van der Waals surface area (Å²) in [4.78, 5) is 1.21. The number of rotatable bonds is 6. The molecule has 0 fully saturated rings. The number of hydrogen-bond donors (Lipinski definition) is 1. The number of hydrogen-bond acceptors (Lipinski definition) is 3. The fourth-order valence-corrected chi connectivity index (χ4v) is 2.24. The lowest BCUT2D eigenvalue weighted by atomic mass is 10.1. The maximum Gasteiger partial charge on any atom is 0.113 e. The molecule has 86 valence electrons. The molecule has 1 N–H and O–H groups in total. The van der Waals surface area contributed by atoms with E-state index in [9.17, 15) is 0 Å². The summed E-state index contributed by atoms with van der Waals surface area (Å²) in [6.07, 6.45) is 1.05. The van der Waals surface area contributed by atoms with Gasteiger partial charge in [0.25, 0.3) is 0 Å². The monoisotopic (exact) mass is 234 g/mol. The molecule has 3 heteroatoms. The summed E-state index contributed by atoms with van der Waals surface area (Å²) >= 11 is 1.72. The van der Waals surface area contributed by atoms with Gasteiger partial charge >= 0.3 is 0 Å². The third-order valence-electron chi connectivity index (χ3n) is 2.28. The van der Waals surface area contributed by atoms with Crippen LogP contribution in [0.15, 0.2) is 35.2 Å². The maximum absolute atomic E-state index is 9.16. The minimum absolute atomic E-state index is 0.434. The van der Waals surface area contributed by atoms with Crippen molar-refractivity contribution < 1.29 is 0 Å². The van der Waals surface area contributed by atoms with Gasteiger partial charge in [0.05, 0.1) is 6.07 Å². The van der Waals surface area contributed by atoms with Crippen LogP contribution in [0, 0.1) is 11.3 Å². The van der Waals surface area contributed by atoms with E-state index in [4.69, 9.17) is 5.26 Å². The lowest BCUT2D eigenvalue weighted by Gasteiger charge is -2.22. The van der Waals surface area contributed by atoms with Gasteiger partial charge in [0.15, 0.2) is 0 Å². The third-order valence-corrected chi connectivity index (χ3v) is 3.61. The fraction of sp³-hybridized carbons (Fsp3) is 0.462. The molecule has 0 spiro atoms. The Morgan fingerprint density at radius 3 is 2.62 bits per heavy atom. The highest BCUT2D eigenvalue weighted by molar-refractivity contribution is 7.99. The average molecular weight is 234 g/mol. The van der Waals surface area contributed by atoms with E-state index >= 15 is 0 Å². The van der Waals surface area contributed by atoms with E-state index in [0.717, 1.165) is 18.7 Å². The standard InChI is InChI=1S/C13H18N2S/c1-3-9-15-13(2,10-14)11-16-12-7-5-4-6-8-12/h4-8,15H,3,9,11H2,1-2H3. The maximum atomic E-state index is 9.16. The van der Waals surface area contributed by atoms with E-state index in [1.54, 1.807) is 11.8 Å². The van der Waals surface area contributed by atoms with Crippen molar-refractivity contribution in [3.05, 3.63) is 30.3 Å². The summed E-state index contributed by atoms with van der Waals surface area (Å²) < 4.78 is 0. The number of nitrogens with one attached hydrogen (secondary N) is 1. The first-order chi connectivity index (χ1) is 7.70. The smallest absolute Gasteiger partial charge is 0.113 e. The van der Waals surface area contributed by atoms with Crippen LogP contribution >= 0.6 is 11.8 Å². The lowest BCUT2D eigenvalue weighted by molar-refractivity contribution is 0.493. The average Bonchev–Trinajstić information content (AvgIpc) is 2.35. The first-order valence-electron chi connectivity index (χ1n) is 5.54. The Hall–Kier alpha value is -0.980. The summed E-state index contributed by atoms with van der Waals surface area (Å²) in [5, 5.41) is 12.4. The second kappa shape index (κ2) is 6.57. The van der Waals surface area contributed by atoms with Crippen molar-refractivity contribution in [3.8, 4) is 6.07 Å². The lowest BCUT2D eigenvalue weighted by Crippen LogP contribution is -2.43. The quantitative estimate of drug-likeness (QED) is 0.768. The molecule has 0 saturated carbocycles. The van der Waals surface area contributed by atoms with Crippen molar-refractivity contribution >= 4 is 11.8 Å². The normalized spacial score (nSPS) is 14.1. The van der Waals surface area contributed by atoms with Crippen LogP contribution in [0.25, 0.3) is 0 Å². The molecule has 0 bridgehead atoms. The first kappa shape index (κ1) is 13.1. The molecule has 0 radical (unpaired) electrons. The summed E-state index contributed by atoms with van der Waals surface area (Å²) in [5.74, 6) is 0.771.